The van der Waals surface area contributed by atoms with Crippen molar-refractivity contribution in [2.24, 2.45) is 5.73 Å². The monoisotopic (exact) mass is 194 g/mol. The van der Waals surface area contributed by atoms with E-state index in [0.29, 0.717) is 6.54 Å². The first-order valence-electron chi connectivity index (χ1n) is 2.00. The standard InChI is InChI=1S/C4H6N2S.BrH/c5-1-4-2-7-3-6-4;/h2-3H,1,5H2;1H. The highest BCUT2D eigenvalue weighted by Crippen LogP contribution is 1.97. The van der Waals surface area contributed by atoms with Crippen LogP contribution in [0.15, 0.2) is 10.9 Å². The predicted molar refractivity (Wildman–Crippen MR) is 40.3 cm³/mol. The fourth-order valence-electron chi connectivity index (χ4n) is 0.338. The third-order valence-corrected chi connectivity index (χ3v) is 1.33. The van der Waals surface area contributed by atoms with Crippen LogP contribution >= 0.6 is 28.3 Å². The van der Waals surface area contributed by atoms with Gasteiger partial charge in [-0.15, -0.1) is 28.3 Å². The van der Waals surface area contributed by atoms with E-state index in [1.54, 1.807) is 16.8 Å². The maximum Gasteiger partial charge on any atom is 0.0795 e. The zero-order chi connectivity index (χ0) is 5.11. The van der Waals surface area contributed by atoms with Crippen LogP contribution in [0.3, 0.4) is 0 Å². The lowest BCUT2D eigenvalue weighted by atomic mass is 10.5. The molecule has 0 bridgehead atoms. The van der Waals surface area contributed by atoms with Gasteiger partial charge in [-0.2, -0.15) is 0 Å². The van der Waals surface area contributed by atoms with Gasteiger partial charge in [-0.05, 0) is 0 Å². The van der Waals surface area contributed by atoms with Crippen molar-refractivity contribution in [1.82, 2.24) is 4.98 Å². The Morgan fingerprint density at radius 1 is 1.75 bits per heavy atom. The molecule has 0 aliphatic rings. The second-order valence-electron chi connectivity index (χ2n) is 1.18. The highest BCUT2D eigenvalue weighted by atomic mass is 79.9. The molecular weight excluding hydrogens is 188 g/mol. The van der Waals surface area contributed by atoms with Crippen LogP contribution in [0, 0.1) is 0 Å². The van der Waals surface area contributed by atoms with Gasteiger partial charge < -0.3 is 5.73 Å². The molecule has 0 atom stereocenters. The molecule has 0 aliphatic heterocycles. The summed E-state index contributed by atoms with van der Waals surface area (Å²) in [5.74, 6) is 0. The summed E-state index contributed by atoms with van der Waals surface area (Å²) in [6.45, 7) is 0.559. The van der Waals surface area contributed by atoms with Crippen LogP contribution in [-0.2, 0) is 6.54 Å². The number of nitrogens with zero attached hydrogens (tertiary/aromatic N) is 1. The molecule has 2 N–H and O–H groups in total. The summed E-state index contributed by atoms with van der Waals surface area (Å²) in [5, 5.41) is 1.94. The zero-order valence-corrected chi connectivity index (χ0v) is 6.73. The minimum atomic E-state index is 0. The first-order valence-corrected chi connectivity index (χ1v) is 2.95. The first-order chi connectivity index (χ1) is 3.43. The molecule has 1 heterocycles. The van der Waals surface area contributed by atoms with Crippen molar-refractivity contribution < 1.29 is 0 Å². The Morgan fingerprint density at radius 2 is 2.50 bits per heavy atom. The third kappa shape index (κ3) is 1.90. The molecule has 0 saturated heterocycles. The van der Waals surface area contributed by atoms with Gasteiger partial charge in [-0.3, -0.25) is 0 Å². The Labute approximate surface area is 62.5 Å². The largest absolute Gasteiger partial charge is 0.325 e. The maximum atomic E-state index is 5.24. The minimum absolute atomic E-state index is 0. The molecule has 1 aromatic rings. The van der Waals surface area contributed by atoms with Crippen LogP contribution in [-0.4, -0.2) is 4.98 Å². The average Bonchev–Trinajstić information content (AvgIpc) is 2.14. The molecule has 4 heteroatoms. The molecule has 0 unspecified atom stereocenters. The molecule has 0 aliphatic carbocycles. The van der Waals surface area contributed by atoms with Crippen LogP contribution in [0.1, 0.15) is 5.69 Å². The molecule has 0 aromatic carbocycles. The van der Waals surface area contributed by atoms with E-state index in [2.05, 4.69) is 4.98 Å². The summed E-state index contributed by atoms with van der Waals surface area (Å²) in [5.41, 5.74) is 8.00. The Hall–Kier alpha value is 0.0700. The van der Waals surface area contributed by atoms with Crippen LogP contribution < -0.4 is 5.73 Å². The summed E-state index contributed by atoms with van der Waals surface area (Å²) >= 11 is 1.57. The highest BCUT2D eigenvalue weighted by molar-refractivity contribution is 8.93. The number of rotatable bonds is 1. The van der Waals surface area contributed by atoms with E-state index in [9.17, 15) is 0 Å². The van der Waals surface area contributed by atoms with E-state index in [1.807, 2.05) is 5.38 Å². The molecule has 8 heavy (non-hydrogen) atoms. The quantitative estimate of drug-likeness (QED) is 0.730. The lowest BCUT2D eigenvalue weighted by Gasteiger charge is -1.78. The Kier molecular flexibility index (Phi) is 4.03. The highest BCUT2D eigenvalue weighted by Gasteiger charge is 1.84. The molecule has 46 valence electrons. The number of thiazole rings is 1. The maximum absolute atomic E-state index is 5.24. The molecule has 0 spiro atoms. The predicted octanol–water partition coefficient (Wildman–Crippen LogP) is 1.18. The molecule has 0 radical (unpaired) electrons. The summed E-state index contributed by atoms with van der Waals surface area (Å²) in [7, 11) is 0. The number of hydrogen-bond acceptors (Lipinski definition) is 3. The smallest absolute Gasteiger partial charge is 0.0795 e. The van der Waals surface area contributed by atoms with Crippen molar-refractivity contribution in [3.8, 4) is 0 Å². The van der Waals surface area contributed by atoms with Crippen LogP contribution in [0.2, 0.25) is 0 Å². The van der Waals surface area contributed by atoms with Gasteiger partial charge in [0.05, 0.1) is 11.2 Å². The second-order valence-corrected chi connectivity index (χ2v) is 1.90. The molecule has 1 aromatic heterocycles. The van der Waals surface area contributed by atoms with E-state index in [-0.39, 0.29) is 17.0 Å². The summed E-state index contributed by atoms with van der Waals surface area (Å²) < 4.78 is 0. The number of halogens is 1. The number of nitrogens with two attached hydrogens (primary N) is 1. The first kappa shape index (κ1) is 8.07. The summed E-state index contributed by atoms with van der Waals surface area (Å²) in [6.07, 6.45) is 0. The van der Waals surface area contributed by atoms with Crippen LogP contribution in [0.5, 0.6) is 0 Å². The van der Waals surface area contributed by atoms with Crippen molar-refractivity contribution in [2.45, 2.75) is 6.54 Å². The molecule has 2 nitrogen and oxygen atoms in total. The summed E-state index contributed by atoms with van der Waals surface area (Å²) in [4.78, 5) is 3.93. The third-order valence-electron chi connectivity index (χ3n) is 0.693. The Bertz CT molecular complexity index is 129. The molecule has 0 amide bonds. The van der Waals surface area contributed by atoms with Gasteiger partial charge in [0, 0.05) is 11.9 Å². The van der Waals surface area contributed by atoms with Crippen LogP contribution in [0.4, 0.5) is 0 Å². The summed E-state index contributed by atoms with van der Waals surface area (Å²) in [6, 6.07) is 0. The van der Waals surface area contributed by atoms with Crippen molar-refractivity contribution in [3.05, 3.63) is 16.6 Å². The van der Waals surface area contributed by atoms with E-state index in [1.165, 1.54) is 0 Å². The number of hydrogen-bond donors (Lipinski definition) is 1. The van der Waals surface area contributed by atoms with Crippen molar-refractivity contribution >= 4 is 28.3 Å². The van der Waals surface area contributed by atoms with Crippen molar-refractivity contribution in [2.75, 3.05) is 0 Å². The van der Waals surface area contributed by atoms with Gasteiger partial charge in [0.1, 0.15) is 0 Å². The van der Waals surface area contributed by atoms with Crippen LogP contribution in [0.25, 0.3) is 0 Å². The lowest BCUT2D eigenvalue weighted by Crippen LogP contribution is -1.94. The minimum Gasteiger partial charge on any atom is -0.325 e. The van der Waals surface area contributed by atoms with Crippen molar-refractivity contribution in [3.63, 3.8) is 0 Å². The Morgan fingerprint density at radius 3 is 2.75 bits per heavy atom. The molecule has 0 fully saturated rings. The van der Waals surface area contributed by atoms with Gasteiger partial charge in [0.25, 0.3) is 0 Å². The van der Waals surface area contributed by atoms with E-state index < -0.39 is 0 Å². The van der Waals surface area contributed by atoms with Gasteiger partial charge >= 0.3 is 0 Å². The Balaban J connectivity index is 0.000000490. The zero-order valence-electron chi connectivity index (χ0n) is 4.20. The van der Waals surface area contributed by atoms with Gasteiger partial charge in [-0.25, -0.2) is 4.98 Å². The van der Waals surface area contributed by atoms with Gasteiger partial charge in [0.2, 0.25) is 0 Å². The normalized spacial score (nSPS) is 8.12. The van der Waals surface area contributed by atoms with E-state index in [4.69, 9.17) is 5.73 Å². The molecule has 1 rings (SSSR count). The SMILES string of the molecule is Br.NCc1cscn1. The van der Waals surface area contributed by atoms with Gasteiger partial charge in [-0.1, -0.05) is 0 Å². The van der Waals surface area contributed by atoms with Crippen molar-refractivity contribution in [1.29, 1.82) is 0 Å². The van der Waals surface area contributed by atoms with Gasteiger partial charge in [0.15, 0.2) is 0 Å². The second kappa shape index (κ2) is 4.00. The topological polar surface area (TPSA) is 38.9 Å². The number of aromatic nitrogens is 1. The molecule has 0 saturated carbocycles. The van der Waals surface area contributed by atoms with E-state index >= 15 is 0 Å². The fraction of sp³-hybridized carbons (Fsp3) is 0.250. The fourth-order valence-corrected chi connectivity index (χ4v) is 0.910. The lowest BCUT2D eigenvalue weighted by molar-refractivity contribution is 1.01. The molecular formula is C4H7BrN2S. The van der Waals surface area contributed by atoms with E-state index in [0.717, 1.165) is 5.69 Å². The average molecular weight is 195 g/mol.